The van der Waals surface area contributed by atoms with E-state index in [9.17, 15) is 13.2 Å². The molecule has 0 bridgehead atoms. The quantitative estimate of drug-likeness (QED) is 0.415. The number of rotatable bonds is 13. The minimum absolute atomic E-state index is 0.0342. The first-order valence-corrected chi connectivity index (χ1v) is 11.8. The van der Waals surface area contributed by atoms with Gasteiger partial charge in [0.15, 0.2) is 9.84 Å². The Hall–Kier alpha value is -3.40. The molecule has 2 aromatic carbocycles. The minimum Gasteiger partial charge on any atom is -0.496 e. The van der Waals surface area contributed by atoms with Crippen LogP contribution in [0.1, 0.15) is 24.0 Å². The number of anilines is 1. The van der Waals surface area contributed by atoms with E-state index in [-0.39, 0.29) is 12.2 Å². The zero-order chi connectivity index (χ0) is 24.4. The molecule has 0 aromatic heterocycles. The number of methoxy groups -OCH3 is 4. The number of nitrogens with one attached hydrogen (secondary N) is 1. The highest BCUT2D eigenvalue weighted by atomic mass is 32.2. The molecule has 10 heteroatoms. The Morgan fingerprint density at radius 1 is 0.970 bits per heavy atom. The molecule has 0 atom stereocenters. The molecular formula is C23H29NO8S. The van der Waals surface area contributed by atoms with Crippen LogP contribution >= 0.6 is 0 Å². The van der Waals surface area contributed by atoms with Crippen LogP contribution in [-0.4, -0.2) is 54.5 Å². The van der Waals surface area contributed by atoms with Crippen LogP contribution in [0.15, 0.2) is 35.7 Å². The summed E-state index contributed by atoms with van der Waals surface area (Å²) in [6, 6.07) is 8.30. The van der Waals surface area contributed by atoms with E-state index >= 15 is 0 Å². The maximum absolute atomic E-state index is 12.8. The van der Waals surface area contributed by atoms with Crippen molar-refractivity contribution < 1.29 is 37.3 Å². The summed E-state index contributed by atoms with van der Waals surface area (Å²) < 4.78 is 46.8. The van der Waals surface area contributed by atoms with Crippen LogP contribution < -0.4 is 24.3 Å². The fraction of sp³-hybridized carbons (Fsp3) is 0.348. The Kier molecular flexibility index (Phi) is 9.41. The summed E-state index contributed by atoms with van der Waals surface area (Å²) >= 11 is 0. The third-order valence-corrected chi connectivity index (χ3v) is 6.00. The van der Waals surface area contributed by atoms with Gasteiger partial charge in [-0.1, -0.05) is 6.07 Å². The van der Waals surface area contributed by atoms with E-state index in [1.165, 1.54) is 34.5 Å². The molecule has 0 aliphatic carbocycles. The number of ether oxygens (including phenoxy) is 4. The molecule has 0 aliphatic rings. The molecule has 0 saturated carbocycles. The van der Waals surface area contributed by atoms with Crippen LogP contribution in [0, 0.1) is 0 Å². The Morgan fingerprint density at radius 2 is 1.61 bits per heavy atom. The molecule has 180 valence electrons. The molecule has 0 aliphatic heterocycles. The van der Waals surface area contributed by atoms with Crippen molar-refractivity contribution in [3.05, 3.63) is 46.9 Å². The predicted molar refractivity (Wildman–Crippen MR) is 126 cm³/mol. The second-order valence-electron chi connectivity index (χ2n) is 7.01. The van der Waals surface area contributed by atoms with Gasteiger partial charge in [0.2, 0.25) is 0 Å². The van der Waals surface area contributed by atoms with Gasteiger partial charge in [-0.25, -0.2) is 8.42 Å². The standard InChI is InChI=1S/C23H29NO8S/c1-29-17-13-21(31-3)18(22(14-17)32-4)9-11-33(27,28)15-16-7-8-20(30-2)19(12-16)24-10-5-6-23(25)26/h7-9,11-14,24H,5-6,10,15H2,1-4H3,(H,25,26)/b11-9+. The van der Waals surface area contributed by atoms with Gasteiger partial charge in [0.05, 0.1) is 45.4 Å². The second kappa shape index (κ2) is 12.0. The Bertz CT molecular complexity index is 1070. The van der Waals surface area contributed by atoms with Gasteiger partial charge in [-0.3, -0.25) is 4.79 Å². The van der Waals surface area contributed by atoms with Gasteiger partial charge in [0.1, 0.15) is 23.0 Å². The zero-order valence-electron chi connectivity index (χ0n) is 19.1. The van der Waals surface area contributed by atoms with Crippen LogP contribution in [0.4, 0.5) is 5.69 Å². The summed E-state index contributed by atoms with van der Waals surface area (Å²) in [6.07, 6.45) is 1.89. The lowest BCUT2D eigenvalue weighted by Crippen LogP contribution is -2.07. The number of carboxylic acids is 1. The van der Waals surface area contributed by atoms with Crippen molar-refractivity contribution >= 4 is 27.6 Å². The molecule has 0 spiro atoms. The molecular weight excluding hydrogens is 450 g/mol. The van der Waals surface area contributed by atoms with Crippen molar-refractivity contribution in [1.82, 2.24) is 0 Å². The fourth-order valence-electron chi connectivity index (χ4n) is 3.09. The van der Waals surface area contributed by atoms with E-state index in [2.05, 4.69) is 5.32 Å². The molecule has 0 radical (unpaired) electrons. The fourth-order valence-corrected chi connectivity index (χ4v) is 4.18. The summed E-state index contributed by atoms with van der Waals surface area (Å²) in [4.78, 5) is 10.7. The summed E-state index contributed by atoms with van der Waals surface area (Å²) in [5.74, 6) is 0.767. The normalized spacial score (nSPS) is 11.3. The lowest BCUT2D eigenvalue weighted by molar-refractivity contribution is -0.137. The highest BCUT2D eigenvalue weighted by Crippen LogP contribution is 2.35. The third kappa shape index (κ3) is 7.60. The van der Waals surface area contributed by atoms with Crippen molar-refractivity contribution in [2.75, 3.05) is 40.3 Å². The molecule has 2 aromatic rings. The Balaban J connectivity index is 2.23. The van der Waals surface area contributed by atoms with E-state index in [4.69, 9.17) is 24.1 Å². The minimum atomic E-state index is -3.64. The van der Waals surface area contributed by atoms with Crippen LogP contribution in [0.25, 0.3) is 6.08 Å². The van der Waals surface area contributed by atoms with E-state index in [1.807, 2.05) is 0 Å². The number of sulfone groups is 1. The van der Waals surface area contributed by atoms with E-state index < -0.39 is 15.8 Å². The molecule has 2 N–H and O–H groups in total. The first-order valence-electron chi connectivity index (χ1n) is 10.1. The van der Waals surface area contributed by atoms with E-state index in [0.717, 1.165) is 5.41 Å². The van der Waals surface area contributed by atoms with Crippen LogP contribution in [-0.2, 0) is 20.4 Å². The largest absolute Gasteiger partial charge is 0.496 e. The van der Waals surface area contributed by atoms with Gasteiger partial charge < -0.3 is 29.4 Å². The van der Waals surface area contributed by atoms with Crippen LogP contribution in [0.3, 0.4) is 0 Å². The van der Waals surface area contributed by atoms with Crippen LogP contribution in [0.2, 0.25) is 0 Å². The maximum Gasteiger partial charge on any atom is 0.303 e. The summed E-state index contributed by atoms with van der Waals surface area (Å²) in [7, 11) is 2.33. The molecule has 9 nitrogen and oxygen atoms in total. The molecule has 0 heterocycles. The topological polar surface area (TPSA) is 120 Å². The van der Waals surface area contributed by atoms with Crippen molar-refractivity contribution in [2.45, 2.75) is 18.6 Å². The molecule has 0 amide bonds. The molecule has 33 heavy (non-hydrogen) atoms. The lowest BCUT2D eigenvalue weighted by Gasteiger charge is -2.13. The Labute approximate surface area is 193 Å². The van der Waals surface area contributed by atoms with Crippen molar-refractivity contribution in [3.63, 3.8) is 0 Å². The van der Waals surface area contributed by atoms with E-state index in [1.54, 1.807) is 30.3 Å². The average Bonchev–Trinajstić information content (AvgIpc) is 2.79. The number of carboxylic acid groups (broad SMARTS) is 1. The van der Waals surface area contributed by atoms with Crippen molar-refractivity contribution in [1.29, 1.82) is 0 Å². The first kappa shape index (κ1) is 25.9. The van der Waals surface area contributed by atoms with Crippen LogP contribution in [0.5, 0.6) is 23.0 Å². The number of hydrogen-bond donors (Lipinski definition) is 2. The highest BCUT2D eigenvalue weighted by molar-refractivity contribution is 7.93. The lowest BCUT2D eigenvalue weighted by atomic mass is 10.1. The maximum atomic E-state index is 12.8. The van der Waals surface area contributed by atoms with Crippen molar-refractivity contribution in [3.8, 4) is 23.0 Å². The van der Waals surface area contributed by atoms with Gasteiger partial charge in [0.25, 0.3) is 0 Å². The van der Waals surface area contributed by atoms with Crippen molar-refractivity contribution in [2.24, 2.45) is 0 Å². The third-order valence-electron chi connectivity index (χ3n) is 4.71. The zero-order valence-corrected chi connectivity index (χ0v) is 19.9. The number of benzene rings is 2. The molecule has 0 saturated heterocycles. The SMILES string of the molecule is COc1cc(OC)c(/C=C/S(=O)(=O)Cc2ccc(OC)c(NCCCC(=O)O)c2)c(OC)c1. The summed E-state index contributed by atoms with van der Waals surface area (Å²) in [5.41, 5.74) is 1.62. The predicted octanol–water partition coefficient (Wildman–Crippen LogP) is 3.58. The smallest absolute Gasteiger partial charge is 0.303 e. The van der Waals surface area contributed by atoms with Gasteiger partial charge in [-0.2, -0.15) is 0 Å². The average molecular weight is 480 g/mol. The summed E-state index contributed by atoms with van der Waals surface area (Å²) in [5, 5.41) is 13.0. The van der Waals surface area contributed by atoms with E-state index in [0.29, 0.717) is 52.8 Å². The first-order chi connectivity index (χ1) is 15.7. The Morgan fingerprint density at radius 3 is 2.15 bits per heavy atom. The summed E-state index contributed by atoms with van der Waals surface area (Å²) in [6.45, 7) is 0.413. The molecule has 0 fully saturated rings. The number of hydrogen-bond acceptors (Lipinski definition) is 8. The van der Waals surface area contributed by atoms with Gasteiger partial charge >= 0.3 is 5.97 Å². The number of carbonyl (C=O) groups is 1. The monoisotopic (exact) mass is 479 g/mol. The van der Waals surface area contributed by atoms with Gasteiger partial charge in [-0.05, 0) is 30.2 Å². The van der Waals surface area contributed by atoms with Gasteiger partial charge in [-0.15, -0.1) is 0 Å². The van der Waals surface area contributed by atoms with Gasteiger partial charge in [0, 0.05) is 30.5 Å². The number of aliphatic carboxylic acids is 1. The highest BCUT2D eigenvalue weighted by Gasteiger charge is 2.15. The molecule has 2 rings (SSSR count). The second-order valence-corrected chi connectivity index (χ2v) is 8.90. The molecule has 0 unspecified atom stereocenters.